The fraction of sp³-hybridized carbons (Fsp3) is 0.500. The van der Waals surface area contributed by atoms with Crippen molar-refractivity contribution in [2.75, 3.05) is 0 Å². The van der Waals surface area contributed by atoms with Crippen LogP contribution in [0.1, 0.15) is 39.0 Å². The average Bonchev–Trinajstić information content (AvgIpc) is 2.12. The van der Waals surface area contributed by atoms with Crippen molar-refractivity contribution in [3.05, 3.63) is 0 Å². The smallest absolute Gasteiger partial charge is 0.193 e. The topological polar surface area (TPSA) is 102 Å². The normalized spacial score (nSPS) is 9.79. The second-order valence-electron chi connectivity index (χ2n) is 4.13. The molecule has 7 heteroatoms. The van der Waals surface area contributed by atoms with Crippen LogP contribution in [-0.4, -0.2) is 34.0 Å². The Morgan fingerprint density at radius 2 is 0.947 bits per heavy atom. The lowest BCUT2D eigenvalue weighted by atomic mass is 10.0. The molecule has 0 aliphatic carbocycles. The van der Waals surface area contributed by atoms with Crippen molar-refractivity contribution in [2.24, 2.45) is 0 Å². The van der Waals surface area contributed by atoms with Crippen LogP contribution in [0.4, 0.5) is 0 Å². The lowest BCUT2D eigenvalue weighted by Crippen LogP contribution is -2.17. The van der Waals surface area contributed by atoms with Crippen LogP contribution in [0, 0.1) is 0 Å². The van der Waals surface area contributed by atoms with Crippen molar-refractivity contribution < 1.29 is 28.8 Å². The molecule has 0 heterocycles. The Kier molecular flexibility index (Phi) is 7.74. The highest BCUT2D eigenvalue weighted by molar-refractivity contribution is 7.96. The number of Topliss-reactive ketones (excluding diaryl/α,β-unsaturated/α-hetero) is 5. The number of ketones is 5. The molecule has 0 unspecified atom stereocenters. The maximum absolute atomic E-state index is 11.3. The number of rotatable bonds is 10. The summed E-state index contributed by atoms with van der Waals surface area (Å²) in [4.78, 5) is 66.0. The minimum Gasteiger partial charge on any atom is -0.300 e. The van der Waals surface area contributed by atoms with Crippen molar-refractivity contribution >= 4 is 46.7 Å². The summed E-state index contributed by atoms with van der Waals surface area (Å²) in [5, 5.41) is -0.652. The first-order chi connectivity index (χ1) is 8.70. The van der Waals surface area contributed by atoms with Gasteiger partial charge in [0.05, 0.1) is 32.1 Å². The van der Waals surface area contributed by atoms with E-state index in [1.807, 2.05) is 0 Å². The molecule has 104 valence electrons. The van der Waals surface area contributed by atoms with Gasteiger partial charge < -0.3 is 0 Å². The molecule has 0 atom stereocenters. The number of carbonyl (C=O) groups is 6. The molecule has 0 aliphatic heterocycles. The van der Waals surface area contributed by atoms with E-state index in [-0.39, 0.29) is 12.2 Å². The molecular formula is C12H14O6S. The molecule has 19 heavy (non-hydrogen) atoms. The Bertz CT molecular complexity index is 398. The molecule has 0 saturated heterocycles. The van der Waals surface area contributed by atoms with Crippen molar-refractivity contribution in [3.8, 4) is 0 Å². The monoisotopic (exact) mass is 286 g/mol. The van der Waals surface area contributed by atoms with Gasteiger partial charge in [0.1, 0.15) is 28.9 Å². The van der Waals surface area contributed by atoms with Crippen LogP contribution in [-0.2, 0) is 28.8 Å². The predicted molar refractivity (Wildman–Crippen MR) is 67.8 cm³/mol. The van der Waals surface area contributed by atoms with Crippen molar-refractivity contribution in [1.29, 1.82) is 0 Å². The summed E-state index contributed by atoms with van der Waals surface area (Å²) >= 11 is 3.39. The molecule has 0 amide bonds. The van der Waals surface area contributed by atoms with Gasteiger partial charge in [-0.15, -0.1) is 12.6 Å². The van der Waals surface area contributed by atoms with E-state index in [0.29, 0.717) is 0 Å². The second-order valence-corrected chi connectivity index (χ2v) is 4.63. The van der Waals surface area contributed by atoms with E-state index < -0.39 is 53.9 Å². The van der Waals surface area contributed by atoms with Crippen LogP contribution in [0.5, 0.6) is 0 Å². The van der Waals surface area contributed by atoms with Crippen molar-refractivity contribution in [3.63, 3.8) is 0 Å². The largest absolute Gasteiger partial charge is 0.300 e. The Morgan fingerprint density at radius 1 is 0.632 bits per heavy atom. The lowest BCUT2D eigenvalue weighted by molar-refractivity contribution is -0.131. The molecule has 0 saturated carbocycles. The Morgan fingerprint density at radius 3 is 1.26 bits per heavy atom. The van der Waals surface area contributed by atoms with E-state index in [4.69, 9.17) is 0 Å². The zero-order valence-electron chi connectivity index (χ0n) is 10.4. The van der Waals surface area contributed by atoms with E-state index in [2.05, 4.69) is 12.6 Å². The summed E-state index contributed by atoms with van der Waals surface area (Å²) < 4.78 is 0. The maximum atomic E-state index is 11.3. The molecule has 0 fully saturated rings. The third kappa shape index (κ3) is 10.0. The number of carbonyl (C=O) groups excluding carboxylic acids is 6. The maximum Gasteiger partial charge on any atom is 0.193 e. The zero-order valence-corrected chi connectivity index (χ0v) is 11.3. The van der Waals surface area contributed by atoms with Crippen LogP contribution in [0.2, 0.25) is 0 Å². The van der Waals surface area contributed by atoms with Gasteiger partial charge in [-0.3, -0.25) is 28.8 Å². The summed E-state index contributed by atoms with van der Waals surface area (Å²) in [7, 11) is 0. The minimum atomic E-state index is -0.653. The average molecular weight is 286 g/mol. The highest BCUT2D eigenvalue weighted by atomic mass is 32.1. The highest BCUT2D eigenvalue weighted by Gasteiger charge is 2.17. The third-order valence-corrected chi connectivity index (χ3v) is 2.14. The molecule has 0 aromatic heterocycles. The number of hydrogen-bond donors (Lipinski definition) is 1. The molecular weight excluding hydrogens is 272 g/mol. The summed E-state index contributed by atoms with van der Waals surface area (Å²) in [5.74, 6) is -2.82. The van der Waals surface area contributed by atoms with Crippen LogP contribution < -0.4 is 0 Å². The van der Waals surface area contributed by atoms with Gasteiger partial charge in [0, 0.05) is 0 Å². The Labute approximate surface area is 115 Å². The SMILES string of the molecule is CC(=O)CC(=O)CC(=O)CC(=O)CC(=O)CC(=O)S. The molecule has 6 nitrogen and oxygen atoms in total. The fourth-order valence-corrected chi connectivity index (χ4v) is 1.53. The van der Waals surface area contributed by atoms with Crippen LogP contribution >= 0.6 is 12.6 Å². The van der Waals surface area contributed by atoms with Crippen molar-refractivity contribution in [1.82, 2.24) is 0 Å². The number of hydrogen-bond acceptors (Lipinski definition) is 6. The van der Waals surface area contributed by atoms with E-state index in [9.17, 15) is 28.8 Å². The third-order valence-electron chi connectivity index (χ3n) is 1.98. The first-order valence-electron chi connectivity index (χ1n) is 5.48. The summed E-state index contributed by atoms with van der Waals surface area (Å²) in [5.41, 5.74) is 0. The van der Waals surface area contributed by atoms with Crippen LogP contribution in [0.15, 0.2) is 0 Å². The van der Waals surface area contributed by atoms with Gasteiger partial charge in [0.15, 0.2) is 5.12 Å². The molecule has 0 N–H and O–H groups in total. The first kappa shape index (κ1) is 17.4. The molecule has 0 bridgehead atoms. The van der Waals surface area contributed by atoms with E-state index >= 15 is 0 Å². The summed E-state index contributed by atoms with van der Waals surface area (Å²) in [6.45, 7) is 1.22. The first-order valence-corrected chi connectivity index (χ1v) is 5.93. The minimum absolute atomic E-state index is 0.340. The molecule has 0 radical (unpaired) electrons. The standard InChI is InChI=1S/C12H14O6S/c1-7(13)2-8(14)3-9(15)4-10(16)5-11(17)6-12(18)19/h2-6H2,1H3,(H,18,19). The zero-order chi connectivity index (χ0) is 15.0. The van der Waals surface area contributed by atoms with E-state index in [1.165, 1.54) is 6.92 Å². The van der Waals surface area contributed by atoms with E-state index in [1.54, 1.807) is 0 Å². The molecule has 0 rings (SSSR count). The Hall–Kier alpha value is -1.63. The summed E-state index contributed by atoms with van der Waals surface area (Å²) in [6.07, 6.45) is -2.38. The quantitative estimate of drug-likeness (QED) is 0.456. The van der Waals surface area contributed by atoms with Gasteiger partial charge >= 0.3 is 0 Å². The molecule has 0 aromatic carbocycles. The second kappa shape index (κ2) is 8.47. The lowest BCUT2D eigenvalue weighted by Gasteiger charge is -1.99. The van der Waals surface area contributed by atoms with E-state index in [0.717, 1.165) is 0 Å². The van der Waals surface area contributed by atoms with Gasteiger partial charge in [0.25, 0.3) is 0 Å². The predicted octanol–water partition coefficient (Wildman–Crippen LogP) is 0.259. The van der Waals surface area contributed by atoms with Crippen LogP contribution in [0.3, 0.4) is 0 Å². The fourth-order valence-electron chi connectivity index (χ4n) is 1.36. The van der Waals surface area contributed by atoms with Gasteiger partial charge in [0.2, 0.25) is 0 Å². The van der Waals surface area contributed by atoms with Gasteiger partial charge in [-0.1, -0.05) is 0 Å². The van der Waals surface area contributed by atoms with Crippen LogP contribution in [0.25, 0.3) is 0 Å². The molecule has 0 aromatic rings. The summed E-state index contributed by atoms with van der Waals surface area (Å²) in [6, 6.07) is 0. The molecule has 0 spiro atoms. The Balaban J connectivity index is 4.09. The highest BCUT2D eigenvalue weighted by Crippen LogP contribution is 2.02. The molecule has 0 aliphatic rings. The van der Waals surface area contributed by atoms with Crippen molar-refractivity contribution in [2.45, 2.75) is 39.0 Å². The van der Waals surface area contributed by atoms with Gasteiger partial charge in [-0.25, -0.2) is 0 Å². The number of thiol groups is 1. The van der Waals surface area contributed by atoms with Gasteiger partial charge in [-0.2, -0.15) is 0 Å². The van der Waals surface area contributed by atoms with Gasteiger partial charge in [-0.05, 0) is 6.92 Å².